The van der Waals surface area contributed by atoms with E-state index in [0.29, 0.717) is 23.7 Å². The van der Waals surface area contributed by atoms with Crippen LogP contribution in [0.4, 0.5) is 0 Å². The molecule has 0 saturated carbocycles. The first kappa shape index (κ1) is 15.0. The van der Waals surface area contributed by atoms with Crippen molar-refractivity contribution in [3.05, 3.63) is 23.8 Å². The zero-order valence-corrected chi connectivity index (χ0v) is 11.6. The van der Waals surface area contributed by atoms with Crippen LogP contribution in [-0.4, -0.2) is 31.6 Å². The molecule has 0 spiro atoms. The molecule has 5 heteroatoms. The Labute approximate surface area is 112 Å². The molecule has 0 amide bonds. The van der Waals surface area contributed by atoms with E-state index in [1.807, 2.05) is 0 Å². The van der Waals surface area contributed by atoms with Gasteiger partial charge in [0.2, 0.25) is 0 Å². The average molecular weight is 266 g/mol. The van der Waals surface area contributed by atoms with Gasteiger partial charge in [0.15, 0.2) is 23.4 Å². The minimum absolute atomic E-state index is 0.0664. The van der Waals surface area contributed by atoms with Crippen LogP contribution in [0.5, 0.6) is 11.5 Å². The third-order valence-electron chi connectivity index (χ3n) is 2.49. The quantitative estimate of drug-likeness (QED) is 0.583. The van der Waals surface area contributed by atoms with Gasteiger partial charge in [-0.05, 0) is 39.0 Å². The van der Waals surface area contributed by atoms with E-state index in [2.05, 4.69) is 0 Å². The number of hydrogen-bond acceptors (Lipinski definition) is 5. The highest BCUT2D eigenvalue weighted by Crippen LogP contribution is 2.29. The number of benzene rings is 1. The molecule has 5 nitrogen and oxygen atoms in total. The highest BCUT2D eigenvalue weighted by Gasteiger charge is 2.18. The Morgan fingerprint density at radius 1 is 1.26 bits per heavy atom. The molecule has 19 heavy (non-hydrogen) atoms. The fourth-order valence-corrected chi connectivity index (χ4v) is 1.48. The summed E-state index contributed by atoms with van der Waals surface area (Å²) < 4.78 is 15.5. The summed E-state index contributed by atoms with van der Waals surface area (Å²) in [5.74, 6) is 0.292. The van der Waals surface area contributed by atoms with Crippen LogP contribution in [-0.2, 0) is 9.53 Å². The second kappa shape index (κ2) is 6.78. The first-order valence-electron chi connectivity index (χ1n) is 6.01. The lowest BCUT2D eigenvalue weighted by molar-refractivity contribution is -0.150. The third kappa shape index (κ3) is 3.98. The van der Waals surface area contributed by atoms with Crippen molar-refractivity contribution in [2.45, 2.75) is 26.9 Å². The number of hydrogen-bond donors (Lipinski definition) is 0. The molecule has 0 aliphatic carbocycles. The Balaban J connectivity index is 2.89. The van der Waals surface area contributed by atoms with Crippen LogP contribution < -0.4 is 9.47 Å². The van der Waals surface area contributed by atoms with Gasteiger partial charge in [-0.1, -0.05) is 0 Å². The third-order valence-corrected chi connectivity index (χ3v) is 2.49. The van der Waals surface area contributed by atoms with E-state index in [9.17, 15) is 9.59 Å². The zero-order chi connectivity index (χ0) is 14.4. The molecule has 0 aliphatic heterocycles. The van der Waals surface area contributed by atoms with Crippen LogP contribution in [0.25, 0.3) is 0 Å². The summed E-state index contributed by atoms with van der Waals surface area (Å²) >= 11 is 0. The number of esters is 1. The van der Waals surface area contributed by atoms with Gasteiger partial charge >= 0.3 is 5.97 Å². The number of Topliss-reactive ketones (excluding diaryl/α,β-unsaturated/α-hetero) is 1. The lowest BCUT2D eigenvalue weighted by Crippen LogP contribution is -2.26. The van der Waals surface area contributed by atoms with Crippen LogP contribution in [0.3, 0.4) is 0 Å². The number of ether oxygens (including phenoxy) is 3. The van der Waals surface area contributed by atoms with Crippen molar-refractivity contribution >= 4 is 11.8 Å². The first-order chi connectivity index (χ1) is 8.99. The maximum atomic E-state index is 11.5. The molecule has 1 aromatic rings. The predicted molar refractivity (Wildman–Crippen MR) is 69.7 cm³/mol. The summed E-state index contributed by atoms with van der Waals surface area (Å²) in [4.78, 5) is 22.7. The molecule has 1 rings (SSSR count). The van der Waals surface area contributed by atoms with E-state index in [4.69, 9.17) is 14.2 Å². The van der Waals surface area contributed by atoms with Gasteiger partial charge in [-0.2, -0.15) is 0 Å². The van der Waals surface area contributed by atoms with Gasteiger partial charge in [0.25, 0.3) is 0 Å². The van der Waals surface area contributed by atoms with Gasteiger partial charge in [0, 0.05) is 5.56 Å². The topological polar surface area (TPSA) is 61.8 Å². The largest absolute Gasteiger partial charge is 0.493 e. The maximum Gasteiger partial charge on any atom is 0.347 e. The number of carbonyl (C=O) groups is 2. The Bertz CT molecular complexity index is 467. The van der Waals surface area contributed by atoms with Crippen molar-refractivity contribution in [3.8, 4) is 11.5 Å². The van der Waals surface area contributed by atoms with Gasteiger partial charge < -0.3 is 14.2 Å². The molecule has 0 heterocycles. The molecule has 1 aromatic carbocycles. The summed E-state index contributed by atoms with van der Waals surface area (Å²) in [7, 11) is 1.47. The number of carbonyl (C=O) groups excluding carboxylic acids is 2. The Hall–Kier alpha value is -2.04. The molecule has 0 N–H and O–H groups in total. The normalized spacial score (nSPS) is 11.6. The molecule has 0 radical (unpaired) electrons. The molecule has 104 valence electrons. The van der Waals surface area contributed by atoms with E-state index in [1.54, 1.807) is 32.0 Å². The minimum Gasteiger partial charge on any atom is -0.493 e. The molecule has 1 unspecified atom stereocenters. The van der Waals surface area contributed by atoms with Crippen molar-refractivity contribution < 1.29 is 23.8 Å². The average Bonchev–Trinajstić information content (AvgIpc) is 2.39. The Morgan fingerprint density at radius 3 is 2.47 bits per heavy atom. The van der Waals surface area contributed by atoms with Crippen LogP contribution >= 0.6 is 0 Å². The van der Waals surface area contributed by atoms with Crippen molar-refractivity contribution in [3.63, 3.8) is 0 Å². The van der Waals surface area contributed by atoms with E-state index in [0.717, 1.165) is 0 Å². The Morgan fingerprint density at radius 2 is 1.95 bits per heavy atom. The smallest absolute Gasteiger partial charge is 0.347 e. The summed E-state index contributed by atoms with van der Waals surface area (Å²) in [6.07, 6.45) is -0.739. The highest BCUT2D eigenvalue weighted by atomic mass is 16.6. The monoisotopic (exact) mass is 266 g/mol. The summed E-state index contributed by atoms with van der Waals surface area (Å²) in [5.41, 5.74) is 0.521. The summed E-state index contributed by atoms with van der Waals surface area (Å²) in [6.45, 7) is 5.09. The van der Waals surface area contributed by atoms with Crippen molar-refractivity contribution in [2.75, 3.05) is 13.7 Å². The fourth-order valence-electron chi connectivity index (χ4n) is 1.48. The van der Waals surface area contributed by atoms with Crippen molar-refractivity contribution in [2.24, 2.45) is 0 Å². The van der Waals surface area contributed by atoms with Gasteiger partial charge in [0.1, 0.15) is 0 Å². The standard InChI is InChI=1S/C14H18O5/c1-5-18-14(16)10(3)19-12-7-6-11(9(2)15)8-13(12)17-4/h6-8,10H,5H2,1-4H3. The van der Waals surface area contributed by atoms with E-state index < -0.39 is 12.1 Å². The van der Waals surface area contributed by atoms with Crippen LogP contribution in [0, 0.1) is 0 Å². The maximum absolute atomic E-state index is 11.5. The second-order valence-corrected chi connectivity index (χ2v) is 3.93. The summed E-state index contributed by atoms with van der Waals surface area (Å²) in [5, 5.41) is 0. The van der Waals surface area contributed by atoms with Gasteiger partial charge in [-0.25, -0.2) is 4.79 Å². The zero-order valence-electron chi connectivity index (χ0n) is 11.6. The van der Waals surface area contributed by atoms with E-state index in [-0.39, 0.29) is 5.78 Å². The molecule has 0 saturated heterocycles. The predicted octanol–water partition coefficient (Wildman–Crippen LogP) is 2.23. The van der Waals surface area contributed by atoms with Gasteiger partial charge in [-0.15, -0.1) is 0 Å². The van der Waals surface area contributed by atoms with Crippen LogP contribution in [0.2, 0.25) is 0 Å². The number of rotatable bonds is 6. The Kier molecular flexibility index (Phi) is 5.36. The molecular formula is C14H18O5. The number of ketones is 1. The van der Waals surface area contributed by atoms with Gasteiger partial charge in [0.05, 0.1) is 13.7 Å². The SMILES string of the molecule is CCOC(=O)C(C)Oc1ccc(C(C)=O)cc1OC. The second-order valence-electron chi connectivity index (χ2n) is 3.93. The lowest BCUT2D eigenvalue weighted by Gasteiger charge is -2.16. The van der Waals surface area contributed by atoms with Crippen molar-refractivity contribution in [1.29, 1.82) is 0 Å². The molecule has 0 bridgehead atoms. The van der Waals surface area contributed by atoms with Crippen LogP contribution in [0.1, 0.15) is 31.1 Å². The summed E-state index contributed by atoms with van der Waals surface area (Å²) in [6, 6.07) is 4.80. The molecule has 1 atom stereocenters. The molecule has 0 aliphatic rings. The molecule has 0 aromatic heterocycles. The molecule has 0 fully saturated rings. The van der Waals surface area contributed by atoms with Crippen molar-refractivity contribution in [1.82, 2.24) is 0 Å². The fraction of sp³-hybridized carbons (Fsp3) is 0.429. The van der Waals surface area contributed by atoms with Crippen LogP contribution in [0.15, 0.2) is 18.2 Å². The highest BCUT2D eigenvalue weighted by molar-refractivity contribution is 5.94. The number of methoxy groups -OCH3 is 1. The molecular weight excluding hydrogens is 248 g/mol. The van der Waals surface area contributed by atoms with E-state index in [1.165, 1.54) is 14.0 Å². The lowest BCUT2D eigenvalue weighted by atomic mass is 10.1. The van der Waals surface area contributed by atoms with E-state index >= 15 is 0 Å². The first-order valence-corrected chi connectivity index (χ1v) is 6.01. The van der Waals surface area contributed by atoms with Gasteiger partial charge in [-0.3, -0.25) is 4.79 Å². The minimum atomic E-state index is -0.739.